The Hall–Kier alpha value is -1.59. The Labute approximate surface area is 112 Å². The van der Waals surface area contributed by atoms with Gasteiger partial charge in [0.2, 0.25) is 0 Å². The number of amides is 1. The zero-order chi connectivity index (χ0) is 13.5. The van der Waals surface area contributed by atoms with Crippen molar-refractivity contribution >= 4 is 11.8 Å². The summed E-state index contributed by atoms with van der Waals surface area (Å²) in [4.78, 5) is 16.0. The normalized spacial score (nSPS) is 27.3. The number of likely N-dealkylation sites (N-methyl/N-ethyl adjacent to an activating group) is 1. The SMILES string of the molecule is CN1CCC2(C1)CN(c1cccc(CN)c1)C(=O)O2. The number of rotatable bonds is 2. The molecular formula is C14H19N3O2. The van der Waals surface area contributed by atoms with Crippen LogP contribution < -0.4 is 10.6 Å². The molecule has 5 nitrogen and oxygen atoms in total. The van der Waals surface area contributed by atoms with Gasteiger partial charge in [-0.15, -0.1) is 0 Å². The number of benzene rings is 1. The quantitative estimate of drug-likeness (QED) is 0.868. The van der Waals surface area contributed by atoms with Crippen LogP contribution in [0.15, 0.2) is 24.3 Å². The van der Waals surface area contributed by atoms with Crippen LogP contribution in [-0.4, -0.2) is 43.3 Å². The van der Waals surface area contributed by atoms with Gasteiger partial charge in [-0.25, -0.2) is 4.79 Å². The van der Waals surface area contributed by atoms with E-state index in [1.165, 1.54) is 0 Å². The molecule has 102 valence electrons. The van der Waals surface area contributed by atoms with Crippen LogP contribution in [0.2, 0.25) is 0 Å². The smallest absolute Gasteiger partial charge is 0.415 e. The number of nitrogens with two attached hydrogens (primary N) is 1. The number of likely N-dealkylation sites (tertiary alicyclic amines) is 1. The summed E-state index contributed by atoms with van der Waals surface area (Å²) < 4.78 is 5.63. The summed E-state index contributed by atoms with van der Waals surface area (Å²) in [6.45, 7) is 2.89. The van der Waals surface area contributed by atoms with Crippen LogP contribution in [0.5, 0.6) is 0 Å². The van der Waals surface area contributed by atoms with Gasteiger partial charge in [-0.3, -0.25) is 4.90 Å². The molecule has 2 aliphatic rings. The molecule has 1 spiro atoms. The molecule has 0 bridgehead atoms. The van der Waals surface area contributed by atoms with Gasteiger partial charge in [0, 0.05) is 31.7 Å². The van der Waals surface area contributed by atoms with Crippen molar-refractivity contribution in [1.29, 1.82) is 0 Å². The standard InChI is InChI=1S/C14H19N3O2/c1-16-6-5-14(9-16)10-17(13(18)19-14)12-4-2-3-11(7-12)8-15/h2-4,7H,5-6,8-10,15H2,1H3. The maximum atomic E-state index is 12.1. The van der Waals surface area contributed by atoms with Gasteiger partial charge in [0.15, 0.2) is 0 Å². The Bertz CT molecular complexity index is 505. The summed E-state index contributed by atoms with van der Waals surface area (Å²) in [5.74, 6) is 0. The molecule has 2 saturated heterocycles. The number of hydrogen-bond acceptors (Lipinski definition) is 4. The van der Waals surface area contributed by atoms with E-state index in [4.69, 9.17) is 10.5 Å². The first-order chi connectivity index (χ1) is 9.12. The number of hydrogen-bond donors (Lipinski definition) is 1. The molecular weight excluding hydrogens is 242 g/mol. The summed E-state index contributed by atoms with van der Waals surface area (Å²) in [5.41, 5.74) is 7.21. The van der Waals surface area contributed by atoms with Gasteiger partial charge in [-0.05, 0) is 24.7 Å². The van der Waals surface area contributed by atoms with E-state index in [2.05, 4.69) is 11.9 Å². The lowest BCUT2D eigenvalue weighted by atomic mass is 10.0. The van der Waals surface area contributed by atoms with Gasteiger partial charge in [0.05, 0.1) is 6.54 Å². The fourth-order valence-corrected chi connectivity index (χ4v) is 2.93. The van der Waals surface area contributed by atoms with E-state index in [1.807, 2.05) is 24.3 Å². The molecule has 1 unspecified atom stereocenters. The van der Waals surface area contributed by atoms with E-state index in [-0.39, 0.29) is 11.7 Å². The fraction of sp³-hybridized carbons (Fsp3) is 0.500. The molecule has 2 N–H and O–H groups in total. The number of carbonyl (C=O) groups excluding carboxylic acids is 1. The second kappa shape index (κ2) is 4.51. The van der Waals surface area contributed by atoms with E-state index in [9.17, 15) is 4.79 Å². The zero-order valence-electron chi connectivity index (χ0n) is 11.1. The Morgan fingerprint density at radius 2 is 2.26 bits per heavy atom. The molecule has 3 rings (SSSR count). The molecule has 1 atom stereocenters. The van der Waals surface area contributed by atoms with E-state index in [0.29, 0.717) is 13.1 Å². The van der Waals surface area contributed by atoms with Crippen LogP contribution in [0.25, 0.3) is 0 Å². The maximum absolute atomic E-state index is 12.1. The first kappa shape index (κ1) is 12.4. The summed E-state index contributed by atoms with van der Waals surface area (Å²) in [7, 11) is 2.06. The van der Waals surface area contributed by atoms with Crippen molar-refractivity contribution in [3.63, 3.8) is 0 Å². The minimum absolute atomic E-state index is 0.246. The van der Waals surface area contributed by atoms with Gasteiger partial charge >= 0.3 is 6.09 Å². The van der Waals surface area contributed by atoms with Crippen LogP contribution in [0.1, 0.15) is 12.0 Å². The molecule has 2 heterocycles. The molecule has 0 radical (unpaired) electrons. The van der Waals surface area contributed by atoms with Crippen molar-refractivity contribution in [2.75, 3.05) is 31.6 Å². The summed E-state index contributed by atoms with van der Waals surface area (Å²) >= 11 is 0. The minimum atomic E-state index is -0.329. The Balaban J connectivity index is 1.84. The average Bonchev–Trinajstić information content (AvgIpc) is 2.93. The van der Waals surface area contributed by atoms with Gasteiger partial charge in [0.25, 0.3) is 0 Å². The largest absolute Gasteiger partial charge is 0.439 e. The molecule has 5 heteroatoms. The monoisotopic (exact) mass is 261 g/mol. The molecule has 0 saturated carbocycles. The van der Waals surface area contributed by atoms with Gasteiger partial charge in [-0.1, -0.05) is 12.1 Å². The van der Waals surface area contributed by atoms with Crippen molar-refractivity contribution < 1.29 is 9.53 Å². The highest BCUT2D eigenvalue weighted by molar-refractivity contribution is 5.90. The van der Waals surface area contributed by atoms with E-state index >= 15 is 0 Å². The molecule has 1 amide bonds. The molecule has 0 aliphatic carbocycles. The van der Waals surface area contributed by atoms with Gasteiger partial charge < -0.3 is 15.4 Å². The zero-order valence-corrected chi connectivity index (χ0v) is 11.1. The van der Waals surface area contributed by atoms with E-state index in [1.54, 1.807) is 4.90 Å². The van der Waals surface area contributed by atoms with Crippen LogP contribution in [0, 0.1) is 0 Å². The molecule has 1 aromatic rings. The third kappa shape index (κ3) is 2.19. The van der Waals surface area contributed by atoms with Crippen molar-refractivity contribution in [2.24, 2.45) is 5.73 Å². The van der Waals surface area contributed by atoms with Crippen molar-refractivity contribution in [2.45, 2.75) is 18.6 Å². The number of ether oxygens (including phenoxy) is 1. The van der Waals surface area contributed by atoms with E-state index in [0.717, 1.165) is 30.8 Å². The number of carbonyl (C=O) groups is 1. The highest BCUT2D eigenvalue weighted by atomic mass is 16.6. The molecule has 2 aliphatic heterocycles. The second-order valence-electron chi connectivity index (χ2n) is 5.50. The van der Waals surface area contributed by atoms with E-state index < -0.39 is 0 Å². The predicted octanol–water partition coefficient (Wildman–Crippen LogP) is 1.18. The Morgan fingerprint density at radius 1 is 1.42 bits per heavy atom. The van der Waals surface area contributed by atoms with Crippen LogP contribution >= 0.6 is 0 Å². The maximum Gasteiger partial charge on any atom is 0.415 e. The second-order valence-corrected chi connectivity index (χ2v) is 5.50. The van der Waals surface area contributed by atoms with Crippen LogP contribution in [0.3, 0.4) is 0 Å². The van der Waals surface area contributed by atoms with Gasteiger partial charge in [-0.2, -0.15) is 0 Å². The lowest BCUT2D eigenvalue weighted by Gasteiger charge is -2.20. The number of anilines is 1. The summed E-state index contributed by atoms with van der Waals surface area (Å²) in [6, 6.07) is 7.78. The Morgan fingerprint density at radius 3 is 2.95 bits per heavy atom. The first-order valence-corrected chi connectivity index (χ1v) is 6.60. The fourth-order valence-electron chi connectivity index (χ4n) is 2.93. The predicted molar refractivity (Wildman–Crippen MR) is 73.0 cm³/mol. The summed E-state index contributed by atoms with van der Waals surface area (Å²) in [5, 5.41) is 0. The topological polar surface area (TPSA) is 58.8 Å². The third-order valence-electron chi connectivity index (χ3n) is 3.94. The lowest BCUT2D eigenvalue weighted by molar-refractivity contribution is 0.0658. The van der Waals surface area contributed by atoms with Crippen molar-refractivity contribution in [1.82, 2.24) is 4.90 Å². The molecule has 1 aromatic carbocycles. The first-order valence-electron chi connectivity index (χ1n) is 6.60. The highest BCUT2D eigenvalue weighted by Gasteiger charge is 2.49. The van der Waals surface area contributed by atoms with Crippen molar-refractivity contribution in [3.8, 4) is 0 Å². The third-order valence-corrected chi connectivity index (χ3v) is 3.94. The van der Waals surface area contributed by atoms with Crippen LogP contribution in [0.4, 0.5) is 10.5 Å². The Kier molecular flexibility index (Phi) is 2.95. The van der Waals surface area contributed by atoms with Gasteiger partial charge in [0.1, 0.15) is 5.60 Å². The molecule has 0 aromatic heterocycles. The summed E-state index contributed by atoms with van der Waals surface area (Å²) in [6.07, 6.45) is 0.659. The molecule has 2 fully saturated rings. The minimum Gasteiger partial charge on any atom is -0.439 e. The van der Waals surface area contributed by atoms with Crippen molar-refractivity contribution in [3.05, 3.63) is 29.8 Å². The highest BCUT2D eigenvalue weighted by Crippen LogP contribution is 2.34. The average molecular weight is 261 g/mol. The lowest BCUT2D eigenvalue weighted by Crippen LogP contribution is -2.37. The molecule has 19 heavy (non-hydrogen) atoms. The van der Waals surface area contributed by atoms with Crippen LogP contribution in [-0.2, 0) is 11.3 Å². The number of nitrogens with zero attached hydrogens (tertiary/aromatic N) is 2.